The van der Waals surface area contributed by atoms with E-state index in [4.69, 9.17) is 4.74 Å². The zero-order valence-corrected chi connectivity index (χ0v) is 7.65. The van der Waals surface area contributed by atoms with Gasteiger partial charge in [0.15, 0.2) is 0 Å². The molecule has 0 radical (unpaired) electrons. The molecule has 0 atom stereocenters. The van der Waals surface area contributed by atoms with Crippen LogP contribution < -0.4 is 5.32 Å². The van der Waals surface area contributed by atoms with Gasteiger partial charge in [0.25, 0.3) is 0 Å². The van der Waals surface area contributed by atoms with E-state index in [9.17, 15) is 0 Å². The van der Waals surface area contributed by atoms with Crippen molar-refractivity contribution in [1.29, 1.82) is 0 Å². The standard InChI is InChI=1S/C9H19NO/c1-3-4-9(5-6-10-2)7-11-8-9/h10H,3-8H2,1-2H3. The zero-order chi connectivity index (χ0) is 8.16. The summed E-state index contributed by atoms with van der Waals surface area (Å²) < 4.78 is 5.26. The SMILES string of the molecule is CCCC1(CCNC)COC1. The number of nitrogens with one attached hydrogen (secondary N) is 1. The summed E-state index contributed by atoms with van der Waals surface area (Å²) in [6.45, 7) is 5.36. The predicted octanol–water partition coefficient (Wildman–Crippen LogP) is 1.41. The van der Waals surface area contributed by atoms with E-state index in [0.29, 0.717) is 5.41 Å². The van der Waals surface area contributed by atoms with Gasteiger partial charge < -0.3 is 10.1 Å². The molecule has 1 N–H and O–H groups in total. The van der Waals surface area contributed by atoms with E-state index in [0.717, 1.165) is 19.8 Å². The van der Waals surface area contributed by atoms with Crippen LogP contribution in [0.25, 0.3) is 0 Å². The van der Waals surface area contributed by atoms with Gasteiger partial charge in [-0.2, -0.15) is 0 Å². The van der Waals surface area contributed by atoms with Gasteiger partial charge in [-0.1, -0.05) is 13.3 Å². The Hall–Kier alpha value is -0.0800. The molecule has 11 heavy (non-hydrogen) atoms. The summed E-state index contributed by atoms with van der Waals surface area (Å²) in [6, 6.07) is 0. The van der Waals surface area contributed by atoms with E-state index >= 15 is 0 Å². The molecule has 66 valence electrons. The molecule has 0 aromatic rings. The largest absolute Gasteiger partial charge is 0.380 e. The van der Waals surface area contributed by atoms with Crippen LogP contribution in [0.15, 0.2) is 0 Å². The summed E-state index contributed by atoms with van der Waals surface area (Å²) in [7, 11) is 2.01. The van der Waals surface area contributed by atoms with Crippen LogP contribution in [0.3, 0.4) is 0 Å². The van der Waals surface area contributed by atoms with E-state index in [1.54, 1.807) is 0 Å². The second-order valence-corrected chi connectivity index (χ2v) is 3.60. The lowest BCUT2D eigenvalue weighted by Gasteiger charge is -2.41. The van der Waals surface area contributed by atoms with Crippen LogP contribution in [0.5, 0.6) is 0 Å². The molecule has 0 saturated carbocycles. The Kier molecular flexibility index (Phi) is 3.34. The van der Waals surface area contributed by atoms with Gasteiger partial charge in [0.1, 0.15) is 0 Å². The maximum Gasteiger partial charge on any atom is 0.0545 e. The number of rotatable bonds is 5. The topological polar surface area (TPSA) is 21.3 Å². The van der Waals surface area contributed by atoms with Crippen molar-refractivity contribution in [2.24, 2.45) is 5.41 Å². The van der Waals surface area contributed by atoms with Crippen molar-refractivity contribution in [3.8, 4) is 0 Å². The van der Waals surface area contributed by atoms with Gasteiger partial charge in [-0.05, 0) is 26.4 Å². The van der Waals surface area contributed by atoms with E-state index in [1.165, 1.54) is 19.3 Å². The first-order chi connectivity index (χ1) is 5.33. The third kappa shape index (κ3) is 2.17. The summed E-state index contributed by atoms with van der Waals surface area (Å²) in [5.41, 5.74) is 0.539. The normalized spacial score (nSPS) is 21.3. The summed E-state index contributed by atoms with van der Waals surface area (Å²) in [5, 5.41) is 3.19. The van der Waals surface area contributed by atoms with Crippen molar-refractivity contribution in [1.82, 2.24) is 5.32 Å². The molecule has 1 aliphatic rings. The molecule has 1 fully saturated rings. The average Bonchev–Trinajstić information content (AvgIpc) is 1.95. The Morgan fingerprint density at radius 3 is 2.45 bits per heavy atom. The van der Waals surface area contributed by atoms with E-state index < -0.39 is 0 Å². The lowest BCUT2D eigenvalue weighted by Crippen LogP contribution is -2.44. The highest BCUT2D eigenvalue weighted by Crippen LogP contribution is 2.35. The second kappa shape index (κ2) is 4.07. The van der Waals surface area contributed by atoms with Crippen LogP contribution in [0.2, 0.25) is 0 Å². The fraction of sp³-hybridized carbons (Fsp3) is 1.00. The van der Waals surface area contributed by atoms with Crippen molar-refractivity contribution < 1.29 is 4.74 Å². The first-order valence-corrected chi connectivity index (χ1v) is 4.55. The molecule has 1 aliphatic heterocycles. The molecule has 1 rings (SSSR count). The van der Waals surface area contributed by atoms with Crippen molar-refractivity contribution in [2.75, 3.05) is 26.8 Å². The van der Waals surface area contributed by atoms with Gasteiger partial charge in [0, 0.05) is 5.41 Å². The van der Waals surface area contributed by atoms with E-state index in [2.05, 4.69) is 12.2 Å². The molecule has 2 heteroatoms. The minimum atomic E-state index is 0.539. The lowest BCUT2D eigenvalue weighted by atomic mass is 9.78. The monoisotopic (exact) mass is 157 g/mol. The van der Waals surface area contributed by atoms with Gasteiger partial charge in [0.05, 0.1) is 13.2 Å². The minimum absolute atomic E-state index is 0.539. The van der Waals surface area contributed by atoms with Gasteiger partial charge in [-0.3, -0.25) is 0 Å². The van der Waals surface area contributed by atoms with Crippen LogP contribution in [0.4, 0.5) is 0 Å². The van der Waals surface area contributed by atoms with Crippen LogP contribution >= 0.6 is 0 Å². The van der Waals surface area contributed by atoms with Crippen LogP contribution in [0.1, 0.15) is 26.2 Å². The summed E-state index contributed by atoms with van der Waals surface area (Å²) in [5.74, 6) is 0. The van der Waals surface area contributed by atoms with Gasteiger partial charge in [0.2, 0.25) is 0 Å². The molecule has 0 bridgehead atoms. The molecule has 0 unspecified atom stereocenters. The Morgan fingerprint density at radius 1 is 1.36 bits per heavy atom. The average molecular weight is 157 g/mol. The molecule has 2 nitrogen and oxygen atoms in total. The minimum Gasteiger partial charge on any atom is -0.380 e. The molecule has 0 amide bonds. The first-order valence-electron chi connectivity index (χ1n) is 4.55. The third-order valence-corrected chi connectivity index (χ3v) is 2.50. The highest BCUT2D eigenvalue weighted by atomic mass is 16.5. The molecule has 0 aromatic carbocycles. The van der Waals surface area contributed by atoms with Gasteiger partial charge >= 0.3 is 0 Å². The Balaban J connectivity index is 2.22. The molecule has 1 heterocycles. The van der Waals surface area contributed by atoms with Gasteiger partial charge in [-0.15, -0.1) is 0 Å². The van der Waals surface area contributed by atoms with Crippen LogP contribution in [-0.2, 0) is 4.74 Å². The van der Waals surface area contributed by atoms with Crippen LogP contribution in [-0.4, -0.2) is 26.8 Å². The van der Waals surface area contributed by atoms with Crippen molar-refractivity contribution >= 4 is 0 Å². The smallest absolute Gasteiger partial charge is 0.0545 e. The predicted molar refractivity (Wildman–Crippen MR) is 46.7 cm³/mol. The zero-order valence-electron chi connectivity index (χ0n) is 7.65. The second-order valence-electron chi connectivity index (χ2n) is 3.60. The van der Waals surface area contributed by atoms with Crippen molar-refractivity contribution in [3.05, 3.63) is 0 Å². The fourth-order valence-electron chi connectivity index (χ4n) is 1.72. The summed E-state index contributed by atoms with van der Waals surface area (Å²) >= 11 is 0. The Labute approximate surface area is 69.3 Å². The molecule has 1 saturated heterocycles. The highest BCUT2D eigenvalue weighted by molar-refractivity contribution is 4.85. The van der Waals surface area contributed by atoms with Crippen molar-refractivity contribution in [3.63, 3.8) is 0 Å². The Morgan fingerprint density at radius 2 is 2.09 bits per heavy atom. The molecule has 0 aromatic heterocycles. The van der Waals surface area contributed by atoms with Gasteiger partial charge in [-0.25, -0.2) is 0 Å². The fourth-order valence-corrected chi connectivity index (χ4v) is 1.72. The molecule has 0 spiro atoms. The molecular formula is C9H19NO. The van der Waals surface area contributed by atoms with Crippen LogP contribution in [0, 0.1) is 5.41 Å². The van der Waals surface area contributed by atoms with E-state index in [-0.39, 0.29) is 0 Å². The summed E-state index contributed by atoms with van der Waals surface area (Å²) in [4.78, 5) is 0. The maximum atomic E-state index is 5.26. The summed E-state index contributed by atoms with van der Waals surface area (Å²) in [6.07, 6.45) is 3.89. The van der Waals surface area contributed by atoms with Crippen molar-refractivity contribution in [2.45, 2.75) is 26.2 Å². The Bertz CT molecular complexity index is 110. The number of ether oxygens (including phenoxy) is 1. The highest BCUT2D eigenvalue weighted by Gasteiger charge is 2.36. The quantitative estimate of drug-likeness (QED) is 0.651. The van der Waals surface area contributed by atoms with E-state index in [1.807, 2.05) is 7.05 Å². The lowest BCUT2D eigenvalue weighted by molar-refractivity contribution is -0.121. The molecule has 0 aliphatic carbocycles. The number of hydrogen-bond acceptors (Lipinski definition) is 2. The first kappa shape index (κ1) is 9.01. The number of hydrogen-bond donors (Lipinski definition) is 1. The third-order valence-electron chi connectivity index (χ3n) is 2.50. The molecular weight excluding hydrogens is 138 g/mol. The maximum absolute atomic E-state index is 5.26.